The Morgan fingerprint density at radius 2 is 2.23 bits per heavy atom. The summed E-state index contributed by atoms with van der Waals surface area (Å²) in [5, 5.41) is 21.7. The normalized spacial score (nSPS) is 20.2. The Hall–Kier alpha value is -1.84. The number of carbonyl (C=O) groups excluding carboxylic acids is 1. The van der Waals surface area contributed by atoms with Crippen molar-refractivity contribution in [3.63, 3.8) is 0 Å². The highest BCUT2D eigenvalue weighted by molar-refractivity contribution is 7.80. The Balaban J connectivity index is 2.79. The van der Waals surface area contributed by atoms with Gasteiger partial charge in [0.05, 0.1) is 0 Å². The van der Waals surface area contributed by atoms with E-state index in [9.17, 15) is 14.5 Å². The standard InChI is InChI=1S/C12H21N5O4S/c13-11(14)15-5-2-4-12(7-22,16-21)10(20)17-6-1-3-8(17)9(18)19/h8,22H,1-7H2,(H,18,19)(H4,13,14,15)/t8-,12?/m0/s1. The monoisotopic (exact) mass is 331 g/mol. The van der Waals surface area contributed by atoms with Gasteiger partial charge in [-0.2, -0.15) is 12.6 Å². The molecule has 1 saturated heterocycles. The molecule has 2 atom stereocenters. The average molecular weight is 331 g/mol. The molecule has 1 rings (SSSR count). The first-order chi connectivity index (χ1) is 10.4. The zero-order valence-corrected chi connectivity index (χ0v) is 13.0. The van der Waals surface area contributed by atoms with Crippen molar-refractivity contribution in [3.8, 4) is 0 Å². The van der Waals surface area contributed by atoms with E-state index in [0.717, 1.165) is 0 Å². The number of hydrogen-bond donors (Lipinski definition) is 5. The molecule has 0 aromatic carbocycles. The van der Waals surface area contributed by atoms with E-state index in [1.807, 2.05) is 0 Å². The molecular formula is C12H21N5O4S. The number of nitroso groups, excluding NO2 is 1. The zero-order chi connectivity index (χ0) is 16.8. The first-order valence-electron chi connectivity index (χ1n) is 6.95. The molecule has 1 amide bonds. The van der Waals surface area contributed by atoms with Crippen molar-refractivity contribution in [1.29, 1.82) is 5.41 Å². The summed E-state index contributed by atoms with van der Waals surface area (Å²) in [6.45, 7) is 0.614. The van der Waals surface area contributed by atoms with Crippen LogP contribution in [0.4, 0.5) is 0 Å². The minimum atomic E-state index is -1.58. The Morgan fingerprint density at radius 3 is 2.73 bits per heavy atom. The molecule has 124 valence electrons. The third-order valence-electron chi connectivity index (χ3n) is 3.72. The lowest BCUT2D eigenvalue weighted by molar-refractivity contribution is -0.150. The third kappa shape index (κ3) is 4.09. The number of likely N-dealkylation sites (tertiary alicyclic amines) is 1. The first-order valence-corrected chi connectivity index (χ1v) is 7.58. The Morgan fingerprint density at radius 1 is 1.55 bits per heavy atom. The van der Waals surface area contributed by atoms with Gasteiger partial charge in [0, 0.05) is 18.8 Å². The van der Waals surface area contributed by atoms with Crippen molar-refractivity contribution < 1.29 is 14.7 Å². The summed E-state index contributed by atoms with van der Waals surface area (Å²) in [7, 11) is 0. The molecule has 22 heavy (non-hydrogen) atoms. The van der Waals surface area contributed by atoms with Crippen LogP contribution in [-0.2, 0) is 9.59 Å². The highest BCUT2D eigenvalue weighted by Crippen LogP contribution is 2.28. The second-order valence-corrected chi connectivity index (χ2v) is 5.54. The number of thiol groups is 1. The largest absolute Gasteiger partial charge is 0.480 e. The highest BCUT2D eigenvalue weighted by atomic mass is 32.1. The molecule has 9 nitrogen and oxygen atoms in total. The quantitative estimate of drug-likeness (QED) is 0.136. The molecule has 1 heterocycles. The summed E-state index contributed by atoms with van der Waals surface area (Å²) in [6, 6.07) is -0.913. The van der Waals surface area contributed by atoms with Crippen molar-refractivity contribution in [2.24, 2.45) is 10.9 Å². The minimum Gasteiger partial charge on any atom is -0.480 e. The molecule has 0 bridgehead atoms. The van der Waals surface area contributed by atoms with Crippen LogP contribution in [0.3, 0.4) is 0 Å². The van der Waals surface area contributed by atoms with Crippen molar-refractivity contribution in [2.45, 2.75) is 37.3 Å². The van der Waals surface area contributed by atoms with E-state index in [1.165, 1.54) is 4.90 Å². The lowest BCUT2D eigenvalue weighted by atomic mass is 9.94. The van der Waals surface area contributed by atoms with E-state index in [4.69, 9.17) is 16.2 Å². The Labute approximate surface area is 133 Å². The number of amides is 1. The summed E-state index contributed by atoms with van der Waals surface area (Å²) in [6.07, 6.45) is 1.44. The van der Waals surface area contributed by atoms with E-state index < -0.39 is 23.5 Å². The van der Waals surface area contributed by atoms with E-state index in [1.54, 1.807) is 0 Å². The lowest BCUT2D eigenvalue weighted by Crippen LogP contribution is -2.52. The van der Waals surface area contributed by atoms with Gasteiger partial charge >= 0.3 is 5.97 Å². The molecule has 5 N–H and O–H groups in total. The number of nitrogens with two attached hydrogens (primary N) is 1. The van der Waals surface area contributed by atoms with Gasteiger partial charge in [0.25, 0.3) is 5.91 Å². The lowest BCUT2D eigenvalue weighted by Gasteiger charge is -2.31. The maximum absolute atomic E-state index is 12.6. The number of carboxylic acids is 1. The maximum atomic E-state index is 12.6. The van der Waals surface area contributed by atoms with Crippen LogP contribution in [0.5, 0.6) is 0 Å². The van der Waals surface area contributed by atoms with Crippen molar-refractivity contribution in [2.75, 3.05) is 18.8 Å². The fourth-order valence-corrected chi connectivity index (χ4v) is 2.86. The molecule has 0 aromatic heterocycles. The van der Waals surface area contributed by atoms with Gasteiger partial charge < -0.3 is 21.1 Å². The number of aliphatic carboxylic acids is 1. The number of carboxylic acid groups (broad SMARTS) is 1. The minimum absolute atomic E-state index is 0.0990. The Kier molecular flexibility index (Phi) is 6.60. The molecule has 1 fully saturated rings. The molecule has 1 unspecified atom stereocenters. The van der Waals surface area contributed by atoms with Crippen molar-refractivity contribution >= 4 is 30.5 Å². The van der Waals surface area contributed by atoms with Crippen LogP contribution in [-0.4, -0.2) is 58.3 Å². The number of rotatable bonds is 8. The highest BCUT2D eigenvalue weighted by Gasteiger charge is 2.46. The van der Waals surface area contributed by atoms with Crippen molar-refractivity contribution in [3.05, 3.63) is 4.91 Å². The first kappa shape index (κ1) is 18.2. The van der Waals surface area contributed by atoms with Gasteiger partial charge in [0.15, 0.2) is 11.5 Å². The average Bonchev–Trinajstić information content (AvgIpc) is 2.96. The Bertz CT molecular complexity index is 461. The summed E-state index contributed by atoms with van der Waals surface area (Å²) in [5.41, 5.74) is 3.57. The third-order valence-corrected chi connectivity index (χ3v) is 4.24. The molecule has 1 aliphatic heterocycles. The van der Waals surface area contributed by atoms with Crippen LogP contribution in [0.1, 0.15) is 25.7 Å². The van der Waals surface area contributed by atoms with Gasteiger partial charge in [-0.15, -0.1) is 4.91 Å². The van der Waals surface area contributed by atoms with Crippen LogP contribution in [0.15, 0.2) is 5.18 Å². The zero-order valence-electron chi connectivity index (χ0n) is 12.1. The van der Waals surface area contributed by atoms with Gasteiger partial charge in [0.1, 0.15) is 6.04 Å². The predicted molar refractivity (Wildman–Crippen MR) is 83.9 cm³/mol. The van der Waals surface area contributed by atoms with Gasteiger partial charge in [-0.1, -0.05) is 5.18 Å². The van der Waals surface area contributed by atoms with Gasteiger partial charge in [-0.05, 0) is 25.7 Å². The van der Waals surface area contributed by atoms with E-state index in [-0.39, 0.29) is 18.1 Å². The second kappa shape index (κ2) is 7.97. The van der Waals surface area contributed by atoms with Gasteiger partial charge in [0.2, 0.25) is 0 Å². The fraction of sp³-hybridized carbons (Fsp3) is 0.750. The number of nitrogens with zero attached hydrogens (tertiary/aromatic N) is 2. The molecule has 0 aliphatic carbocycles. The maximum Gasteiger partial charge on any atom is 0.326 e. The number of hydrogen-bond acceptors (Lipinski definition) is 6. The van der Waals surface area contributed by atoms with Crippen LogP contribution in [0.2, 0.25) is 0 Å². The number of carbonyl (C=O) groups is 2. The van der Waals surface area contributed by atoms with E-state index >= 15 is 0 Å². The molecule has 1 aliphatic rings. The number of guanidine groups is 1. The molecule has 10 heteroatoms. The van der Waals surface area contributed by atoms with Crippen LogP contribution in [0, 0.1) is 10.3 Å². The SMILES string of the molecule is N=C(N)NCCCC(CS)(N=O)C(=O)N1CCC[C@H]1C(=O)O. The number of nitrogens with one attached hydrogen (secondary N) is 2. The van der Waals surface area contributed by atoms with Crippen LogP contribution in [0.25, 0.3) is 0 Å². The summed E-state index contributed by atoms with van der Waals surface area (Å²) >= 11 is 4.06. The fourth-order valence-electron chi connectivity index (χ4n) is 2.50. The van der Waals surface area contributed by atoms with E-state index in [0.29, 0.717) is 32.4 Å². The molecular weight excluding hydrogens is 310 g/mol. The molecule has 0 radical (unpaired) electrons. The summed E-state index contributed by atoms with van der Waals surface area (Å²) in [4.78, 5) is 36.3. The predicted octanol–water partition coefficient (Wildman–Crippen LogP) is -0.240. The van der Waals surface area contributed by atoms with Crippen molar-refractivity contribution in [1.82, 2.24) is 10.2 Å². The van der Waals surface area contributed by atoms with Gasteiger partial charge in [-0.25, -0.2) is 4.79 Å². The van der Waals surface area contributed by atoms with Crippen LogP contribution >= 0.6 is 12.6 Å². The summed E-state index contributed by atoms with van der Waals surface area (Å²) < 4.78 is 0. The molecule has 0 saturated carbocycles. The second-order valence-electron chi connectivity index (χ2n) is 5.22. The van der Waals surface area contributed by atoms with Crippen LogP contribution < -0.4 is 11.1 Å². The topological polar surface area (TPSA) is 149 Å². The molecule has 0 spiro atoms. The van der Waals surface area contributed by atoms with Gasteiger partial charge in [-0.3, -0.25) is 10.2 Å². The molecule has 0 aromatic rings. The van der Waals surface area contributed by atoms with E-state index in [2.05, 4.69) is 23.1 Å². The summed E-state index contributed by atoms with van der Waals surface area (Å²) in [5.74, 6) is -1.97. The smallest absolute Gasteiger partial charge is 0.326 e.